The van der Waals surface area contributed by atoms with E-state index in [4.69, 9.17) is 10.5 Å². The van der Waals surface area contributed by atoms with Crippen LogP contribution in [0.2, 0.25) is 0 Å². The summed E-state index contributed by atoms with van der Waals surface area (Å²) in [4.78, 5) is 26.1. The van der Waals surface area contributed by atoms with E-state index in [0.717, 1.165) is 18.4 Å². The van der Waals surface area contributed by atoms with Crippen LogP contribution in [-0.2, 0) is 20.7 Å². The molecule has 1 aromatic rings. The van der Waals surface area contributed by atoms with E-state index in [-0.39, 0.29) is 11.9 Å². The Bertz CT molecular complexity index is 490. The molecular formula is C16H22N2O3. The quantitative estimate of drug-likeness (QED) is 0.843. The molecule has 5 nitrogen and oxygen atoms in total. The lowest BCUT2D eigenvalue weighted by Crippen LogP contribution is -2.51. The molecule has 5 heteroatoms. The number of nitrogens with two attached hydrogens (primary N) is 1. The number of amides is 1. The van der Waals surface area contributed by atoms with Crippen molar-refractivity contribution >= 4 is 11.9 Å². The van der Waals surface area contributed by atoms with Gasteiger partial charge in [0.15, 0.2) is 0 Å². The lowest BCUT2D eigenvalue weighted by Gasteiger charge is -2.30. The minimum atomic E-state index is -0.603. The van der Waals surface area contributed by atoms with Crippen molar-refractivity contribution in [1.29, 1.82) is 0 Å². The van der Waals surface area contributed by atoms with E-state index >= 15 is 0 Å². The molecule has 2 N–H and O–H groups in total. The Morgan fingerprint density at radius 2 is 2.10 bits per heavy atom. The number of carbonyl (C=O) groups is 2. The first-order chi connectivity index (χ1) is 10.1. The fraction of sp³-hybridized carbons (Fsp3) is 0.500. The molecule has 2 atom stereocenters. The number of benzene rings is 1. The summed E-state index contributed by atoms with van der Waals surface area (Å²) in [5.74, 6) is -0.542. The monoisotopic (exact) mass is 290 g/mol. The zero-order valence-electron chi connectivity index (χ0n) is 12.3. The average Bonchev–Trinajstić information content (AvgIpc) is 2.68. The Labute approximate surface area is 125 Å². The van der Waals surface area contributed by atoms with Crippen LogP contribution in [0.1, 0.15) is 24.8 Å². The topological polar surface area (TPSA) is 72.6 Å². The van der Waals surface area contributed by atoms with Gasteiger partial charge in [-0.3, -0.25) is 4.79 Å². The Morgan fingerprint density at radius 1 is 1.38 bits per heavy atom. The zero-order chi connectivity index (χ0) is 15.2. The Balaban J connectivity index is 2.22. The number of rotatable bonds is 4. The lowest BCUT2D eigenvalue weighted by atomic mass is 10.0. The first-order valence-electron chi connectivity index (χ1n) is 7.31. The molecule has 0 aromatic heterocycles. The molecule has 1 aliphatic rings. The summed E-state index contributed by atoms with van der Waals surface area (Å²) in [5, 5.41) is 0. The van der Waals surface area contributed by atoms with E-state index < -0.39 is 12.1 Å². The number of ether oxygens (including phenoxy) is 1. The molecule has 0 aliphatic carbocycles. The maximum absolute atomic E-state index is 12.4. The van der Waals surface area contributed by atoms with Crippen LogP contribution in [0.5, 0.6) is 0 Å². The Morgan fingerprint density at radius 3 is 2.76 bits per heavy atom. The summed E-state index contributed by atoms with van der Waals surface area (Å²) in [5.41, 5.74) is 6.90. The lowest BCUT2D eigenvalue weighted by molar-refractivity contribution is -0.153. The molecule has 0 unspecified atom stereocenters. The minimum Gasteiger partial charge on any atom is -0.467 e. The van der Waals surface area contributed by atoms with Crippen molar-refractivity contribution in [2.75, 3.05) is 13.7 Å². The SMILES string of the molecule is COC(=O)[C@@H](Cc1ccccc1)N1CCCC[C@H](N)C1=O. The molecule has 1 amide bonds. The second kappa shape index (κ2) is 7.22. The number of likely N-dealkylation sites (tertiary alicyclic amines) is 1. The van der Waals surface area contributed by atoms with E-state index in [1.807, 2.05) is 30.3 Å². The third kappa shape index (κ3) is 3.82. The first kappa shape index (κ1) is 15.5. The third-order valence-electron chi connectivity index (χ3n) is 3.89. The highest BCUT2D eigenvalue weighted by Crippen LogP contribution is 2.17. The molecule has 21 heavy (non-hydrogen) atoms. The predicted molar refractivity (Wildman–Crippen MR) is 79.5 cm³/mol. The number of hydrogen-bond acceptors (Lipinski definition) is 4. The van der Waals surface area contributed by atoms with Gasteiger partial charge in [0, 0.05) is 13.0 Å². The van der Waals surface area contributed by atoms with Crippen molar-refractivity contribution in [3.8, 4) is 0 Å². The second-order valence-electron chi connectivity index (χ2n) is 5.36. The second-order valence-corrected chi connectivity index (χ2v) is 5.36. The van der Waals surface area contributed by atoms with Gasteiger partial charge in [-0.05, 0) is 24.8 Å². The van der Waals surface area contributed by atoms with E-state index in [0.29, 0.717) is 19.4 Å². The van der Waals surface area contributed by atoms with Crippen molar-refractivity contribution in [3.05, 3.63) is 35.9 Å². The van der Waals surface area contributed by atoms with Gasteiger partial charge in [-0.25, -0.2) is 4.79 Å². The van der Waals surface area contributed by atoms with Gasteiger partial charge in [0.1, 0.15) is 6.04 Å². The van der Waals surface area contributed by atoms with Gasteiger partial charge in [-0.2, -0.15) is 0 Å². The van der Waals surface area contributed by atoms with Crippen molar-refractivity contribution < 1.29 is 14.3 Å². The number of methoxy groups -OCH3 is 1. The highest BCUT2D eigenvalue weighted by Gasteiger charge is 2.34. The average molecular weight is 290 g/mol. The molecule has 1 saturated heterocycles. The number of nitrogens with zero attached hydrogens (tertiary/aromatic N) is 1. The summed E-state index contributed by atoms with van der Waals surface area (Å²) in [7, 11) is 1.35. The fourth-order valence-corrected chi connectivity index (χ4v) is 2.70. The van der Waals surface area contributed by atoms with Crippen LogP contribution in [0.3, 0.4) is 0 Å². The smallest absolute Gasteiger partial charge is 0.328 e. The summed E-state index contributed by atoms with van der Waals surface area (Å²) in [6.07, 6.45) is 2.89. The van der Waals surface area contributed by atoms with Crippen molar-refractivity contribution in [1.82, 2.24) is 4.90 Å². The molecule has 114 valence electrons. The zero-order valence-corrected chi connectivity index (χ0v) is 12.3. The highest BCUT2D eigenvalue weighted by molar-refractivity contribution is 5.87. The fourth-order valence-electron chi connectivity index (χ4n) is 2.70. The van der Waals surface area contributed by atoms with Crippen LogP contribution in [-0.4, -0.2) is 42.5 Å². The molecular weight excluding hydrogens is 268 g/mol. The molecule has 1 fully saturated rings. The van der Waals surface area contributed by atoms with Gasteiger partial charge in [0.05, 0.1) is 13.2 Å². The van der Waals surface area contributed by atoms with Gasteiger partial charge < -0.3 is 15.4 Å². The van der Waals surface area contributed by atoms with E-state index in [1.165, 1.54) is 7.11 Å². The first-order valence-corrected chi connectivity index (χ1v) is 7.31. The van der Waals surface area contributed by atoms with Gasteiger partial charge in [-0.1, -0.05) is 30.3 Å². The molecule has 0 spiro atoms. The maximum atomic E-state index is 12.4. The summed E-state index contributed by atoms with van der Waals surface area (Å²) < 4.78 is 4.89. The summed E-state index contributed by atoms with van der Waals surface area (Å²) in [6.45, 7) is 0.555. The van der Waals surface area contributed by atoms with Crippen molar-refractivity contribution in [3.63, 3.8) is 0 Å². The minimum absolute atomic E-state index is 0.154. The van der Waals surface area contributed by atoms with Crippen molar-refractivity contribution in [2.45, 2.75) is 37.8 Å². The Hall–Kier alpha value is -1.88. The van der Waals surface area contributed by atoms with Gasteiger partial charge >= 0.3 is 5.97 Å². The van der Waals surface area contributed by atoms with Crippen LogP contribution >= 0.6 is 0 Å². The molecule has 0 radical (unpaired) electrons. The molecule has 0 bridgehead atoms. The van der Waals surface area contributed by atoms with Crippen LogP contribution in [0.15, 0.2) is 30.3 Å². The largest absolute Gasteiger partial charge is 0.467 e. The van der Waals surface area contributed by atoms with Crippen LogP contribution < -0.4 is 5.73 Å². The summed E-state index contributed by atoms with van der Waals surface area (Å²) in [6, 6.07) is 8.52. The van der Waals surface area contributed by atoms with Crippen LogP contribution in [0.25, 0.3) is 0 Å². The van der Waals surface area contributed by atoms with Gasteiger partial charge in [0.2, 0.25) is 5.91 Å². The number of esters is 1. The highest BCUT2D eigenvalue weighted by atomic mass is 16.5. The van der Waals surface area contributed by atoms with E-state index in [1.54, 1.807) is 4.90 Å². The van der Waals surface area contributed by atoms with Crippen molar-refractivity contribution in [2.24, 2.45) is 5.73 Å². The normalized spacial score (nSPS) is 20.8. The van der Waals surface area contributed by atoms with E-state index in [9.17, 15) is 9.59 Å². The van der Waals surface area contributed by atoms with E-state index in [2.05, 4.69) is 0 Å². The third-order valence-corrected chi connectivity index (χ3v) is 3.89. The number of hydrogen-bond donors (Lipinski definition) is 1. The Kier molecular flexibility index (Phi) is 5.33. The molecule has 1 heterocycles. The van der Waals surface area contributed by atoms with Gasteiger partial charge in [0.25, 0.3) is 0 Å². The molecule has 1 aromatic carbocycles. The van der Waals surface area contributed by atoms with Crippen LogP contribution in [0.4, 0.5) is 0 Å². The molecule has 1 aliphatic heterocycles. The predicted octanol–water partition coefficient (Wildman–Crippen LogP) is 1.11. The standard InChI is InChI=1S/C16H22N2O3/c1-21-16(20)14(11-12-7-3-2-4-8-12)18-10-6-5-9-13(17)15(18)19/h2-4,7-8,13-14H,5-6,9-11,17H2,1H3/t13-,14+/m0/s1. The number of carbonyl (C=O) groups excluding carboxylic acids is 2. The van der Waals surface area contributed by atoms with Crippen LogP contribution in [0, 0.1) is 0 Å². The molecule has 0 saturated carbocycles. The summed E-state index contributed by atoms with van der Waals surface area (Å²) >= 11 is 0. The molecule has 2 rings (SSSR count). The van der Waals surface area contributed by atoms with Gasteiger partial charge in [-0.15, -0.1) is 0 Å². The maximum Gasteiger partial charge on any atom is 0.328 e.